The highest BCUT2D eigenvalue weighted by Crippen LogP contribution is 2.15. The van der Waals surface area contributed by atoms with E-state index in [2.05, 4.69) is 54.1 Å². The molecule has 1 heterocycles. The van der Waals surface area contributed by atoms with E-state index in [-0.39, 0.29) is 6.03 Å². The zero-order valence-electron chi connectivity index (χ0n) is 18.7. The number of benzene rings is 2. The number of urea groups is 1. The summed E-state index contributed by atoms with van der Waals surface area (Å²) < 4.78 is 0. The van der Waals surface area contributed by atoms with Crippen molar-refractivity contribution in [3.8, 4) is 0 Å². The van der Waals surface area contributed by atoms with E-state index in [1.807, 2.05) is 35.2 Å². The number of carbonyl (C=O) groups is 1. The highest BCUT2D eigenvalue weighted by atomic mass is 16.2. The van der Waals surface area contributed by atoms with Gasteiger partial charge in [0.2, 0.25) is 0 Å². The smallest absolute Gasteiger partial charge is 0.321 e. The second kappa shape index (κ2) is 12.0. The first-order valence-corrected chi connectivity index (χ1v) is 11.4. The number of aliphatic imine (C=N–C) groups is 1. The molecule has 1 saturated heterocycles. The standard InChI is InChI=1S/C25H35N5O/c1-3-26-24(28-20(2)14-15-21-10-5-4-6-11-21)27-19-22-12-9-13-23(18-22)29-25(31)30-16-7-8-17-30/h4-6,9-13,18,20H,3,7-8,14-17,19H2,1-2H3,(H,29,31)(H2,26,27,28). The van der Waals surface area contributed by atoms with Crippen LogP contribution in [0.3, 0.4) is 0 Å². The summed E-state index contributed by atoms with van der Waals surface area (Å²) >= 11 is 0. The van der Waals surface area contributed by atoms with Crippen LogP contribution < -0.4 is 16.0 Å². The summed E-state index contributed by atoms with van der Waals surface area (Å²) in [4.78, 5) is 18.9. The highest BCUT2D eigenvalue weighted by Gasteiger charge is 2.17. The van der Waals surface area contributed by atoms with Gasteiger partial charge >= 0.3 is 6.03 Å². The van der Waals surface area contributed by atoms with Gasteiger partial charge in [-0.3, -0.25) is 0 Å². The lowest BCUT2D eigenvalue weighted by molar-refractivity contribution is 0.222. The van der Waals surface area contributed by atoms with Crippen molar-refractivity contribution in [3.05, 3.63) is 65.7 Å². The number of carbonyl (C=O) groups excluding carboxylic acids is 1. The number of hydrogen-bond donors (Lipinski definition) is 3. The highest BCUT2D eigenvalue weighted by molar-refractivity contribution is 5.89. The van der Waals surface area contributed by atoms with Gasteiger partial charge in [-0.25, -0.2) is 9.79 Å². The van der Waals surface area contributed by atoms with Crippen molar-refractivity contribution in [1.82, 2.24) is 15.5 Å². The Kier molecular flexibility index (Phi) is 8.76. The summed E-state index contributed by atoms with van der Waals surface area (Å²) in [5, 5.41) is 9.84. The zero-order valence-corrected chi connectivity index (χ0v) is 18.7. The minimum atomic E-state index is -0.0135. The topological polar surface area (TPSA) is 68.8 Å². The molecule has 0 aromatic heterocycles. The van der Waals surface area contributed by atoms with Crippen molar-refractivity contribution in [2.75, 3.05) is 25.0 Å². The Morgan fingerprint density at radius 1 is 1.06 bits per heavy atom. The summed E-state index contributed by atoms with van der Waals surface area (Å²) in [7, 11) is 0. The number of aryl methyl sites for hydroxylation is 1. The normalized spacial score (nSPS) is 14.9. The first kappa shape index (κ1) is 22.7. The second-order valence-electron chi connectivity index (χ2n) is 8.09. The third kappa shape index (κ3) is 7.63. The van der Waals surface area contributed by atoms with Gasteiger partial charge in [-0.15, -0.1) is 0 Å². The minimum absolute atomic E-state index is 0.0135. The van der Waals surface area contributed by atoms with Gasteiger partial charge in [-0.05, 0) is 62.8 Å². The Balaban J connectivity index is 1.53. The van der Waals surface area contributed by atoms with Crippen molar-refractivity contribution in [1.29, 1.82) is 0 Å². The molecular weight excluding hydrogens is 386 g/mol. The van der Waals surface area contributed by atoms with Crippen LogP contribution in [0, 0.1) is 0 Å². The fourth-order valence-electron chi connectivity index (χ4n) is 3.69. The van der Waals surface area contributed by atoms with Gasteiger partial charge < -0.3 is 20.9 Å². The molecule has 0 saturated carbocycles. The van der Waals surface area contributed by atoms with Gasteiger partial charge in [0, 0.05) is 31.4 Å². The molecule has 1 fully saturated rings. The molecule has 6 heteroatoms. The van der Waals surface area contributed by atoms with Crippen LogP contribution >= 0.6 is 0 Å². The molecule has 2 amide bonds. The molecule has 166 valence electrons. The molecular formula is C25H35N5O. The summed E-state index contributed by atoms with van der Waals surface area (Å²) in [5.74, 6) is 0.814. The quantitative estimate of drug-likeness (QED) is 0.437. The Morgan fingerprint density at radius 3 is 2.55 bits per heavy atom. The van der Waals surface area contributed by atoms with E-state index in [0.717, 1.165) is 62.5 Å². The molecule has 1 unspecified atom stereocenters. The van der Waals surface area contributed by atoms with Crippen molar-refractivity contribution >= 4 is 17.7 Å². The molecule has 6 nitrogen and oxygen atoms in total. The molecule has 31 heavy (non-hydrogen) atoms. The van der Waals surface area contributed by atoms with E-state index in [4.69, 9.17) is 4.99 Å². The Bertz CT molecular complexity index is 846. The number of nitrogens with one attached hydrogen (secondary N) is 3. The van der Waals surface area contributed by atoms with Crippen molar-refractivity contribution in [2.24, 2.45) is 4.99 Å². The van der Waals surface area contributed by atoms with E-state index in [9.17, 15) is 4.79 Å². The third-order valence-electron chi connectivity index (χ3n) is 5.43. The molecule has 1 atom stereocenters. The number of nitrogens with zero attached hydrogens (tertiary/aromatic N) is 2. The average molecular weight is 422 g/mol. The minimum Gasteiger partial charge on any atom is -0.357 e. The van der Waals surface area contributed by atoms with E-state index in [1.165, 1.54) is 5.56 Å². The van der Waals surface area contributed by atoms with Crippen LogP contribution in [0.5, 0.6) is 0 Å². The summed E-state index contributed by atoms with van der Waals surface area (Å²) in [6.07, 6.45) is 4.25. The number of rotatable bonds is 8. The van der Waals surface area contributed by atoms with Crippen LogP contribution in [0.15, 0.2) is 59.6 Å². The Morgan fingerprint density at radius 2 is 1.81 bits per heavy atom. The van der Waals surface area contributed by atoms with Crippen LogP contribution in [-0.2, 0) is 13.0 Å². The molecule has 1 aliphatic heterocycles. The van der Waals surface area contributed by atoms with Gasteiger partial charge in [0.25, 0.3) is 0 Å². The van der Waals surface area contributed by atoms with E-state index in [0.29, 0.717) is 12.6 Å². The van der Waals surface area contributed by atoms with Crippen LogP contribution in [0.4, 0.5) is 10.5 Å². The molecule has 0 aliphatic carbocycles. The lowest BCUT2D eigenvalue weighted by atomic mass is 10.1. The molecule has 0 bridgehead atoms. The maximum atomic E-state index is 12.3. The first-order valence-electron chi connectivity index (χ1n) is 11.4. The van der Waals surface area contributed by atoms with Crippen LogP contribution in [0.2, 0.25) is 0 Å². The third-order valence-corrected chi connectivity index (χ3v) is 5.43. The van der Waals surface area contributed by atoms with Crippen molar-refractivity contribution in [3.63, 3.8) is 0 Å². The second-order valence-corrected chi connectivity index (χ2v) is 8.09. The van der Waals surface area contributed by atoms with E-state index >= 15 is 0 Å². The lowest BCUT2D eigenvalue weighted by Gasteiger charge is -2.18. The maximum Gasteiger partial charge on any atom is 0.321 e. The molecule has 3 N–H and O–H groups in total. The number of likely N-dealkylation sites (tertiary alicyclic amines) is 1. The lowest BCUT2D eigenvalue weighted by Crippen LogP contribution is -2.42. The molecule has 3 rings (SSSR count). The zero-order chi connectivity index (χ0) is 21.9. The van der Waals surface area contributed by atoms with Crippen LogP contribution in [0.1, 0.15) is 44.2 Å². The average Bonchev–Trinajstić information content (AvgIpc) is 3.32. The SMILES string of the molecule is CCNC(=NCc1cccc(NC(=O)N2CCCC2)c1)NC(C)CCc1ccccc1. The first-order chi connectivity index (χ1) is 15.1. The van der Waals surface area contributed by atoms with Gasteiger partial charge in [-0.2, -0.15) is 0 Å². The number of amides is 2. The summed E-state index contributed by atoms with van der Waals surface area (Å²) in [6.45, 7) is 7.30. The monoisotopic (exact) mass is 421 g/mol. The van der Waals surface area contributed by atoms with Gasteiger partial charge in [-0.1, -0.05) is 42.5 Å². The van der Waals surface area contributed by atoms with Crippen molar-refractivity contribution in [2.45, 2.75) is 52.1 Å². The summed E-state index contributed by atoms with van der Waals surface area (Å²) in [6, 6.07) is 18.8. The van der Waals surface area contributed by atoms with E-state index in [1.54, 1.807) is 0 Å². The largest absolute Gasteiger partial charge is 0.357 e. The molecule has 0 spiro atoms. The fourth-order valence-corrected chi connectivity index (χ4v) is 3.69. The fraction of sp³-hybridized carbons (Fsp3) is 0.440. The molecule has 2 aromatic carbocycles. The van der Waals surface area contributed by atoms with E-state index < -0.39 is 0 Å². The molecule has 0 radical (unpaired) electrons. The molecule has 2 aromatic rings. The summed E-state index contributed by atoms with van der Waals surface area (Å²) in [5.41, 5.74) is 3.23. The van der Waals surface area contributed by atoms with Gasteiger partial charge in [0.05, 0.1) is 6.54 Å². The van der Waals surface area contributed by atoms with Crippen molar-refractivity contribution < 1.29 is 4.79 Å². The van der Waals surface area contributed by atoms with Gasteiger partial charge in [0.15, 0.2) is 5.96 Å². The Hall–Kier alpha value is -3.02. The number of guanidine groups is 1. The molecule has 1 aliphatic rings. The predicted molar refractivity (Wildman–Crippen MR) is 128 cm³/mol. The van der Waals surface area contributed by atoms with Crippen LogP contribution in [-0.4, -0.2) is 42.6 Å². The van der Waals surface area contributed by atoms with Crippen LogP contribution in [0.25, 0.3) is 0 Å². The number of hydrogen-bond acceptors (Lipinski definition) is 2. The van der Waals surface area contributed by atoms with Gasteiger partial charge in [0.1, 0.15) is 0 Å². The predicted octanol–water partition coefficient (Wildman–Crippen LogP) is 4.39. The number of anilines is 1. The maximum absolute atomic E-state index is 12.3. The Labute approximate surface area is 186 Å².